The van der Waals surface area contributed by atoms with Crippen LogP contribution in [0, 0.1) is 28.8 Å². The highest BCUT2D eigenvalue weighted by Gasteiger charge is 2.38. The topological polar surface area (TPSA) is 63.7 Å². The van der Waals surface area contributed by atoms with Crippen molar-refractivity contribution in [3.63, 3.8) is 0 Å². The third-order valence-corrected chi connectivity index (χ3v) is 4.64. The second-order valence-corrected chi connectivity index (χ2v) is 7.24. The summed E-state index contributed by atoms with van der Waals surface area (Å²) in [5.74, 6) is -4.93. The summed E-state index contributed by atoms with van der Waals surface area (Å²) in [6.07, 6.45) is -4.78. The van der Waals surface area contributed by atoms with E-state index in [0.717, 1.165) is 12.1 Å². The average molecular weight is 454 g/mol. The van der Waals surface area contributed by atoms with Crippen LogP contribution in [0.15, 0.2) is 30.3 Å². The number of hydrogen-bond acceptors (Lipinski definition) is 4. The minimum absolute atomic E-state index is 0.0515. The molecular formula is C21H16F6N4O. The normalized spacial score (nSPS) is 12.0. The first kappa shape index (κ1) is 23.1. The van der Waals surface area contributed by atoms with Crippen LogP contribution < -0.4 is 4.74 Å². The van der Waals surface area contributed by atoms with Crippen molar-refractivity contribution in [2.24, 2.45) is 0 Å². The summed E-state index contributed by atoms with van der Waals surface area (Å²) >= 11 is 0. The predicted octanol–water partition coefficient (Wildman–Crippen LogP) is 5.59. The first-order valence-corrected chi connectivity index (χ1v) is 9.28. The van der Waals surface area contributed by atoms with Gasteiger partial charge < -0.3 is 9.30 Å². The maximum Gasteiger partial charge on any atom is 0.417 e. The molecule has 1 aromatic heterocycles. The van der Waals surface area contributed by atoms with Crippen LogP contribution >= 0.6 is 0 Å². The molecule has 5 nitrogen and oxygen atoms in total. The van der Waals surface area contributed by atoms with Crippen molar-refractivity contribution in [3.05, 3.63) is 64.7 Å². The average Bonchev–Trinajstić information content (AvgIpc) is 3.14. The zero-order chi connectivity index (χ0) is 23.8. The Morgan fingerprint density at radius 2 is 1.69 bits per heavy atom. The number of nitrogens with zero attached hydrogens (tertiary/aromatic N) is 4. The molecule has 0 amide bonds. The van der Waals surface area contributed by atoms with Gasteiger partial charge in [-0.3, -0.25) is 0 Å². The van der Waals surface area contributed by atoms with Gasteiger partial charge in [0, 0.05) is 24.2 Å². The standard InChI is InChI=1S/C21H16F6N4O/c1-4-31-18(16-11(10-28)6-5-7-13(16)21(25,26)27)29-30-19(31)20(2,3)32-17-14(23)8-12(22)9-15(17)24/h5-9H,4H2,1-3H3. The van der Waals surface area contributed by atoms with E-state index < -0.39 is 46.1 Å². The Balaban J connectivity index is 2.17. The quantitative estimate of drug-likeness (QED) is 0.472. The summed E-state index contributed by atoms with van der Waals surface area (Å²) < 4.78 is 88.9. The molecule has 3 aromatic rings. The summed E-state index contributed by atoms with van der Waals surface area (Å²) in [4.78, 5) is 0. The second-order valence-electron chi connectivity index (χ2n) is 7.24. The molecule has 0 spiro atoms. The van der Waals surface area contributed by atoms with E-state index in [2.05, 4.69) is 10.2 Å². The van der Waals surface area contributed by atoms with Crippen LogP contribution in [0.5, 0.6) is 5.75 Å². The summed E-state index contributed by atoms with van der Waals surface area (Å²) in [5.41, 5.74) is -3.43. The van der Waals surface area contributed by atoms with Crippen molar-refractivity contribution in [1.29, 1.82) is 5.26 Å². The molecular weight excluding hydrogens is 438 g/mol. The Labute approximate surface area is 178 Å². The molecule has 0 atom stereocenters. The second kappa shape index (κ2) is 8.18. The largest absolute Gasteiger partial charge is 0.474 e. The third-order valence-electron chi connectivity index (χ3n) is 4.64. The molecule has 0 aliphatic rings. The third kappa shape index (κ3) is 4.12. The van der Waals surface area contributed by atoms with Gasteiger partial charge in [-0.25, -0.2) is 13.2 Å². The van der Waals surface area contributed by atoms with Crippen LogP contribution in [-0.4, -0.2) is 14.8 Å². The van der Waals surface area contributed by atoms with E-state index >= 15 is 0 Å². The minimum Gasteiger partial charge on any atom is -0.474 e. The maximum absolute atomic E-state index is 14.1. The van der Waals surface area contributed by atoms with Gasteiger partial charge in [-0.2, -0.15) is 18.4 Å². The Morgan fingerprint density at radius 3 is 2.22 bits per heavy atom. The molecule has 0 bridgehead atoms. The molecule has 0 saturated heterocycles. The van der Waals surface area contributed by atoms with Gasteiger partial charge in [0.15, 0.2) is 34.6 Å². The van der Waals surface area contributed by atoms with E-state index in [0.29, 0.717) is 12.1 Å². The van der Waals surface area contributed by atoms with E-state index in [4.69, 9.17) is 4.74 Å². The first-order valence-electron chi connectivity index (χ1n) is 9.28. The van der Waals surface area contributed by atoms with Crippen LogP contribution in [-0.2, 0) is 18.3 Å². The molecule has 0 unspecified atom stereocenters. The molecule has 0 saturated carbocycles. The number of benzene rings is 2. The Hall–Kier alpha value is -3.55. The van der Waals surface area contributed by atoms with E-state index in [-0.39, 0.29) is 23.8 Å². The summed E-state index contributed by atoms with van der Waals surface area (Å²) in [7, 11) is 0. The van der Waals surface area contributed by atoms with Gasteiger partial charge in [0.2, 0.25) is 0 Å². The van der Waals surface area contributed by atoms with Crippen LogP contribution in [0.3, 0.4) is 0 Å². The summed E-state index contributed by atoms with van der Waals surface area (Å²) in [6, 6.07) is 5.72. The molecule has 0 aliphatic carbocycles. The Kier molecular flexibility index (Phi) is 5.91. The number of alkyl halides is 3. The lowest BCUT2D eigenvalue weighted by Gasteiger charge is -2.27. The van der Waals surface area contributed by atoms with E-state index in [1.54, 1.807) is 13.0 Å². The van der Waals surface area contributed by atoms with Gasteiger partial charge in [-0.1, -0.05) is 6.07 Å². The number of nitriles is 1. The maximum atomic E-state index is 14.1. The van der Waals surface area contributed by atoms with Crippen molar-refractivity contribution >= 4 is 0 Å². The highest BCUT2D eigenvalue weighted by molar-refractivity contribution is 5.70. The van der Waals surface area contributed by atoms with Gasteiger partial charge in [0.25, 0.3) is 0 Å². The number of aromatic nitrogens is 3. The van der Waals surface area contributed by atoms with E-state index in [1.807, 2.05) is 0 Å². The highest BCUT2D eigenvalue weighted by Crippen LogP contribution is 2.40. The van der Waals surface area contributed by atoms with Crippen LogP contribution in [0.25, 0.3) is 11.4 Å². The van der Waals surface area contributed by atoms with Crippen LogP contribution in [0.4, 0.5) is 26.3 Å². The monoisotopic (exact) mass is 454 g/mol. The summed E-state index contributed by atoms with van der Waals surface area (Å²) in [6.45, 7) is 4.38. The van der Waals surface area contributed by atoms with Gasteiger partial charge in [-0.15, -0.1) is 10.2 Å². The van der Waals surface area contributed by atoms with Crippen molar-refractivity contribution < 1.29 is 31.1 Å². The first-order chi connectivity index (χ1) is 14.9. The molecule has 32 heavy (non-hydrogen) atoms. The van der Waals surface area contributed by atoms with Crippen molar-refractivity contribution in [2.75, 3.05) is 0 Å². The fraction of sp³-hybridized carbons (Fsp3) is 0.286. The van der Waals surface area contributed by atoms with Crippen molar-refractivity contribution in [2.45, 2.75) is 39.1 Å². The van der Waals surface area contributed by atoms with Crippen LogP contribution in [0.2, 0.25) is 0 Å². The molecule has 0 fully saturated rings. The molecule has 0 N–H and O–H groups in total. The van der Waals surface area contributed by atoms with Crippen molar-refractivity contribution in [3.8, 4) is 23.2 Å². The van der Waals surface area contributed by atoms with Crippen molar-refractivity contribution in [1.82, 2.24) is 14.8 Å². The molecule has 0 aliphatic heterocycles. The zero-order valence-electron chi connectivity index (χ0n) is 17.1. The number of ether oxygens (including phenoxy) is 1. The number of halogens is 6. The molecule has 168 valence electrons. The summed E-state index contributed by atoms with van der Waals surface area (Å²) in [5, 5.41) is 17.1. The highest BCUT2D eigenvalue weighted by atomic mass is 19.4. The molecule has 3 rings (SSSR count). The molecule has 11 heteroatoms. The molecule has 0 radical (unpaired) electrons. The fourth-order valence-electron chi connectivity index (χ4n) is 3.28. The lowest BCUT2D eigenvalue weighted by Crippen LogP contribution is -2.30. The number of rotatable bonds is 5. The molecule has 2 aromatic carbocycles. The minimum atomic E-state index is -4.78. The van der Waals surface area contributed by atoms with Gasteiger partial charge in [-0.05, 0) is 32.9 Å². The van der Waals surface area contributed by atoms with Crippen LogP contribution in [0.1, 0.15) is 37.7 Å². The lowest BCUT2D eigenvalue weighted by molar-refractivity contribution is -0.137. The lowest BCUT2D eigenvalue weighted by atomic mass is 10.00. The van der Waals surface area contributed by atoms with E-state index in [1.165, 1.54) is 24.5 Å². The van der Waals surface area contributed by atoms with Gasteiger partial charge in [0.1, 0.15) is 5.82 Å². The Morgan fingerprint density at radius 1 is 1.06 bits per heavy atom. The molecule has 1 heterocycles. The number of hydrogen-bond donors (Lipinski definition) is 0. The van der Waals surface area contributed by atoms with Gasteiger partial charge in [0.05, 0.1) is 17.2 Å². The fourth-order valence-corrected chi connectivity index (χ4v) is 3.28. The predicted molar refractivity (Wildman–Crippen MR) is 101 cm³/mol. The smallest absolute Gasteiger partial charge is 0.417 e. The SMILES string of the molecule is CCn1c(-c2c(C#N)cccc2C(F)(F)F)nnc1C(C)(C)Oc1c(F)cc(F)cc1F. The van der Waals surface area contributed by atoms with E-state index in [9.17, 15) is 31.6 Å². The Bertz CT molecular complexity index is 1190. The zero-order valence-corrected chi connectivity index (χ0v) is 17.1. The van der Waals surface area contributed by atoms with Gasteiger partial charge >= 0.3 is 6.18 Å².